The summed E-state index contributed by atoms with van der Waals surface area (Å²) in [5.41, 5.74) is 0. The van der Waals surface area contributed by atoms with Crippen molar-refractivity contribution < 1.29 is 14.7 Å². The molecular weight excluding hydrogens is 460 g/mol. The molecule has 37 heavy (non-hydrogen) atoms. The summed E-state index contributed by atoms with van der Waals surface area (Å²) >= 11 is 0. The minimum atomic E-state index is 0.171. The minimum Gasteiger partial charge on any atom is -0.396 e. The van der Waals surface area contributed by atoms with Gasteiger partial charge >= 0.3 is 0 Å². The summed E-state index contributed by atoms with van der Waals surface area (Å²) in [6, 6.07) is 0.186. The van der Waals surface area contributed by atoms with Crippen LogP contribution in [0.4, 0.5) is 0 Å². The highest BCUT2D eigenvalue weighted by Crippen LogP contribution is 2.21. The first-order chi connectivity index (χ1) is 18.1. The molecule has 0 fully saturated rings. The Bertz CT molecular complexity index is 473. The number of unbranched alkanes of at least 4 members (excludes halogenated alkanes) is 16. The summed E-state index contributed by atoms with van der Waals surface area (Å²) in [6.07, 6.45) is 26.9. The van der Waals surface area contributed by atoms with Gasteiger partial charge in [-0.3, -0.25) is 9.63 Å². The molecule has 5 nitrogen and oxygen atoms in total. The molecule has 1 atom stereocenters. The van der Waals surface area contributed by atoms with E-state index in [2.05, 4.69) is 32.8 Å². The molecule has 0 aromatic carbocycles. The van der Waals surface area contributed by atoms with Crippen LogP contribution in [0.25, 0.3) is 0 Å². The molecule has 0 radical (unpaired) electrons. The van der Waals surface area contributed by atoms with Gasteiger partial charge in [0.25, 0.3) is 0 Å². The van der Waals surface area contributed by atoms with Crippen molar-refractivity contribution in [1.29, 1.82) is 0 Å². The maximum Gasteiger partial charge on any atom is 0.246 e. The second-order valence-electron chi connectivity index (χ2n) is 11.4. The van der Waals surface area contributed by atoms with Gasteiger partial charge in [-0.2, -0.15) is 0 Å². The molecule has 1 N–H and O–H groups in total. The van der Waals surface area contributed by atoms with Crippen molar-refractivity contribution in [3.05, 3.63) is 0 Å². The van der Waals surface area contributed by atoms with Crippen LogP contribution in [-0.4, -0.2) is 60.9 Å². The van der Waals surface area contributed by atoms with Crippen LogP contribution in [0.5, 0.6) is 0 Å². The quantitative estimate of drug-likeness (QED) is 0.0782. The lowest BCUT2D eigenvalue weighted by Gasteiger charge is -2.31. The number of carbonyl (C=O) groups excluding carboxylic acids is 1. The molecule has 0 aromatic rings. The van der Waals surface area contributed by atoms with Gasteiger partial charge < -0.3 is 10.0 Å². The number of hydrogen-bond acceptors (Lipinski definition) is 4. The van der Waals surface area contributed by atoms with E-state index in [1.54, 1.807) is 0 Å². The Morgan fingerprint density at radius 1 is 0.649 bits per heavy atom. The van der Waals surface area contributed by atoms with Crippen molar-refractivity contribution in [2.75, 3.05) is 33.9 Å². The van der Waals surface area contributed by atoms with Crippen LogP contribution in [0.3, 0.4) is 0 Å². The zero-order chi connectivity index (χ0) is 27.4. The third kappa shape index (κ3) is 24.1. The van der Waals surface area contributed by atoms with Crippen molar-refractivity contribution in [3.8, 4) is 0 Å². The molecule has 0 saturated heterocycles. The predicted octanol–water partition coefficient (Wildman–Crippen LogP) is 8.68. The molecule has 0 aromatic heterocycles. The normalized spacial score (nSPS) is 12.4. The number of amides is 1. The molecule has 0 heterocycles. The first-order valence-corrected chi connectivity index (χ1v) is 16.3. The fraction of sp³-hybridized carbons (Fsp3) is 0.969. The molecule has 1 unspecified atom stereocenters. The van der Waals surface area contributed by atoms with Gasteiger partial charge in [-0.05, 0) is 52.7 Å². The van der Waals surface area contributed by atoms with Crippen LogP contribution in [0, 0.1) is 0 Å². The molecule has 5 heteroatoms. The molecule has 0 rings (SSSR count). The zero-order valence-corrected chi connectivity index (χ0v) is 25.6. The molecule has 222 valence electrons. The maximum atomic E-state index is 13.3. The van der Waals surface area contributed by atoms with E-state index in [1.807, 2.05) is 5.06 Å². The Hall–Kier alpha value is -0.650. The first-order valence-electron chi connectivity index (χ1n) is 16.3. The molecule has 0 spiro atoms. The van der Waals surface area contributed by atoms with Crippen LogP contribution in [-0.2, 0) is 9.63 Å². The predicted molar refractivity (Wildman–Crippen MR) is 160 cm³/mol. The SMILES string of the molecule is CCCCCCCCCCON(C(=O)CCCN(C)C)C(CCCCCCO)CCCCCCCCC. The van der Waals surface area contributed by atoms with Crippen LogP contribution >= 0.6 is 0 Å². The number of nitrogens with zero attached hydrogens (tertiary/aromatic N) is 2. The average Bonchev–Trinajstić information content (AvgIpc) is 2.88. The fourth-order valence-corrected chi connectivity index (χ4v) is 5.00. The second kappa shape index (κ2) is 28.4. The number of aliphatic hydroxyl groups is 1. The molecule has 1 amide bonds. The topological polar surface area (TPSA) is 53.0 Å². The smallest absolute Gasteiger partial charge is 0.246 e. The van der Waals surface area contributed by atoms with Crippen molar-refractivity contribution in [3.63, 3.8) is 0 Å². The van der Waals surface area contributed by atoms with Crippen molar-refractivity contribution in [1.82, 2.24) is 9.96 Å². The number of hydrogen-bond donors (Lipinski definition) is 1. The number of aliphatic hydroxyl groups excluding tert-OH is 1. The van der Waals surface area contributed by atoms with E-state index in [0.717, 1.165) is 57.9 Å². The van der Waals surface area contributed by atoms with E-state index in [1.165, 1.54) is 89.9 Å². The number of rotatable bonds is 29. The van der Waals surface area contributed by atoms with Gasteiger partial charge in [-0.15, -0.1) is 0 Å². The van der Waals surface area contributed by atoms with Crippen molar-refractivity contribution >= 4 is 5.91 Å². The summed E-state index contributed by atoms with van der Waals surface area (Å²) in [5.74, 6) is 0.171. The van der Waals surface area contributed by atoms with Gasteiger partial charge in [0.1, 0.15) is 0 Å². The number of hydroxylamine groups is 2. The monoisotopic (exact) mass is 527 g/mol. The summed E-state index contributed by atoms with van der Waals surface area (Å²) < 4.78 is 0. The minimum absolute atomic E-state index is 0.171. The van der Waals surface area contributed by atoms with Gasteiger partial charge in [-0.1, -0.05) is 123 Å². The molecule has 0 aliphatic heterocycles. The van der Waals surface area contributed by atoms with E-state index in [4.69, 9.17) is 9.94 Å². The Kier molecular flexibility index (Phi) is 27.9. The summed E-state index contributed by atoms with van der Waals surface area (Å²) in [7, 11) is 4.13. The van der Waals surface area contributed by atoms with Crippen LogP contribution in [0.2, 0.25) is 0 Å². The first kappa shape index (κ1) is 36.4. The largest absolute Gasteiger partial charge is 0.396 e. The molecular formula is C32H66N2O3. The Morgan fingerprint density at radius 2 is 1.11 bits per heavy atom. The van der Waals surface area contributed by atoms with Gasteiger partial charge in [0.2, 0.25) is 5.91 Å². The molecule has 0 saturated carbocycles. The second-order valence-corrected chi connectivity index (χ2v) is 11.4. The lowest BCUT2D eigenvalue weighted by molar-refractivity contribution is -0.203. The summed E-state index contributed by atoms with van der Waals surface area (Å²) in [4.78, 5) is 21.8. The van der Waals surface area contributed by atoms with Crippen molar-refractivity contribution in [2.45, 2.75) is 168 Å². The Morgan fingerprint density at radius 3 is 1.59 bits per heavy atom. The van der Waals surface area contributed by atoms with E-state index >= 15 is 0 Å². The third-order valence-corrected chi connectivity index (χ3v) is 7.39. The van der Waals surface area contributed by atoms with E-state index in [-0.39, 0.29) is 18.6 Å². The van der Waals surface area contributed by atoms with E-state index in [0.29, 0.717) is 13.0 Å². The molecule has 0 aliphatic rings. The Balaban J connectivity index is 4.83. The highest BCUT2D eigenvalue weighted by atomic mass is 16.7. The highest BCUT2D eigenvalue weighted by Gasteiger charge is 2.24. The van der Waals surface area contributed by atoms with Gasteiger partial charge in [-0.25, -0.2) is 5.06 Å². The highest BCUT2D eigenvalue weighted by molar-refractivity contribution is 5.75. The van der Waals surface area contributed by atoms with E-state index < -0.39 is 0 Å². The van der Waals surface area contributed by atoms with Crippen LogP contribution < -0.4 is 0 Å². The molecule has 0 aliphatic carbocycles. The van der Waals surface area contributed by atoms with Gasteiger partial charge in [0.05, 0.1) is 12.6 Å². The standard InChI is InChI=1S/C32H66N2O3/c1-5-7-9-11-13-15-19-23-30-37-34(32(36)27-24-28-33(3)4)31(26-21-17-18-22-29-35)25-20-16-14-12-10-8-6-2/h31,35H,5-30H2,1-4H3. The average molecular weight is 527 g/mol. The van der Waals surface area contributed by atoms with Crippen LogP contribution in [0.1, 0.15) is 162 Å². The van der Waals surface area contributed by atoms with Crippen LogP contribution in [0.15, 0.2) is 0 Å². The van der Waals surface area contributed by atoms with Gasteiger partial charge in [0.15, 0.2) is 0 Å². The fourth-order valence-electron chi connectivity index (χ4n) is 5.00. The third-order valence-electron chi connectivity index (χ3n) is 7.39. The van der Waals surface area contributed by atoms with E-state index in [9.17, 15) is 4.79 Å². The lowest BCUT2D eigenvalue weighted by Crippen LogP contribution is -2.41. The summed E-state index contributed by atoms with van der Waals surface area (Å²) in [5, 5.41) is 10.9. The molecule has 0 bridgehead atoms. The van der Waals surface area contributed by atoms with Gasteiger partial charge in [0, 0.05) is 13.0 Å². The number of carbonyl (C=O) groups is 1. The Labute approximate surface area is 232 Å². The zero-order valence-electron chi connectivity index (χ0n) is 25.6. The summed E-state index contributed by atoms with van der Waals surface area (Å²) in [6.45, 7) is 6.40. The van der Waals surface area contributed by atoms with Crippen molar-refractivity contribution in [2.24, 2.45) is 0 Å². The maximum absolute atomic E-state index is 13.3. The lowest BCUT2D eigenvalue weighted by atomic mass is 9.99.